The van der Waals surface area contributed by atoms with E-state index in [0.717, 1.165) is 0 Å². The molecule has 0 nitrogen and oxygen atoms in total. The molecule has 0 spiro atoms. The van der Waals surface area contributed by atoms with Gasteiger partial charge in [0, 0.05) is 0 Å². The molecule has 0 atom stereocenters. The summed E-state index contributed by atoms with van der Waals surface area (Å²) in [7, 11) is -0.648. The second-order valence-corrected chi connectivity index (χ2v) is 7.24. The van der Waals surface area contributed by atoms with Crippen molar-refractivity contribution in [3.8, 4) is 0 Å². The largest absolute Gasteiger partial charge is 0.207 e. The van der Waals surface area contributed by atoms with E-state index in [1.54, 1.807) is 0 Å². The van der Waals surface area contributed by atoms with Crippen LogP contribution in [0.5, 0.6) is 0 Å². The van der Waals surface area contributed by atoms with Crippen LogP contribution in [0.4, 0.5) is 0 Å². The SMILES string of the molecule is CS1(C)C=Cc2ccccc2C=C1. The molecule has 0 aliphatic carbocycles. The van der Waals surface area contributed by atoms with Gasteiger partial charge in [-0.15, -0.1) is 0 Å². The van der Waals surface area contributed by atoms with E-state index in [1.165, 1.54) is 11.1 Å². The third-order valence-electron chi connectivity index (χ3n) is 2.19. The van der Waals surface area contributed by atoms with Gasteiger partial charge in [-0.1, -0.05) is 24.3 Å². The van der Waals surface area contributed by atoms with Crippen LogP contribution in [0.15, 0.2) is 35.1 Å². The van der Waals surface area contributed by atoms with Gasteiger partial charge in [-0.25, -0.2) is 10.0 Å². The Morgan fingerprint density at radius 3 is 1.77 bits per heavy atom. The maximum absolute atomic E-state index is 2.33. The van der Waals surface area contributed by atoms with Crippen molar-refractivity contribution < 1.29 is 0 Å². The van der Waals surface area contributed by atoms with Crippen molar-refractivity contribution >= 4 is 22.2 Å². The van der Waals surface area contributed by atoms with Gasteiger partial charge in [-0.05, 0) is 46.6 Å². The first kappa shape index (κ1) is 8.64. The summed E-state index contributed by atoms with van der Waals surface area (Å²) < 4.78 is 0. The van der Waals surface area contributed by atoms with Crippen molar-refractivity contribution in [2.24, 2.45) is 0 Å². The van der Waals surface area contributed by atoms with Crippen molar-refractivity contribution in [1.29, 1.82) is 0 Å². The molecule has 1 aromatic rings. The molecule has 1 aliphatic heterocycles. The zero-order valence-electron chi connectivity index (χ0n) is 8.03. The molecule has 1 aliphatic rings. The van der Waals surface area contributed by atoms with Crippen LogP contribution in [-0.4, -0.2) is 12.5 Å². The fourth-order valence-electron chi connectivity index (χ4n) is 1.36. The Kier molecular flexibility index (Phi) is 2.04. The van der Waals surface area contributed by atoms with Crippen LogP contribution in [-0.2, 0) is 0 Å². The Balaban J connectivity index is 2.53. The van der Waals surface area contributed by atoms with E-state index in [2.05, 4.69) is 59.7 Å². The minimum absolute atomic E-state index is 0.648. The minimum atomic E-state index is -0.648. The molecule has 0 N–H and O–H groups in total. The first-order valence-corrected chi connectivity index (χ1v) is 6.94. The molecule has 0 radical (unpaired) electrons. The third-order valence-corrected chi connectivity index (χ3v) is 3.87. The molecular formula is C12H14S. The van der Waals surface area contributed by atoms with E-state index < -0.39 is 10.0 Å². The summed E-state index contributed by atoms with van der Waals surface area (Å²) in [5, 5.41) is 4.66. The van der Waals surface area contributed by atoms with Crippen molar-refractivity contribution in [3.63, 3.8) is 0 Å². The van der Waals surface area contributed by atoms with Gasteiger partial charge in [0.25, 0.3) is 0 Å². The summed E-state index contributed by atoms with van der Waals surface area (Å²) in [6.07, 6.45) is 9.08. The second-order valence-electron chi connectivity index (χ2n) is 3.72. The van der Waals surface area contributed by atoms with Gasteiger partial charge in [0.2, 0.25) is 0 Å². The van der Waals surface area contributed by atoms with Crippen LogP contribution in [0, 0.1) is 0 Å². The summed E-state index contributed by atoms with van der Waals surface area (Å²) in [4.78, 5) is 0. The fraction of sp³-hybridized carbons (Fsp3) is 0.167. The van der Waals surface area contributed by atoms with Crippen molar-refractivity contribution in [3.05, 3.63) is 46.2 Å². The van der Waals surface area contributed by atoms with E-state index >= 15 is 0 Å². The molecule has 0 bridgehead atoms. The molecule has 0 amide bonds. The Morgan fingerprint density at radius 1 is 0.846 bits per heavy atom. The highest BCUT2D eigenvalue weighted by Gasteiger charge is 2.06. The molecule has 0 saturated heterocycles. The molecule has 1 aromatic carbocycles. The molecule has 1 heteroatoms. The summed E-state index contributed by atoms with van der Waals surface area (Å²) in [5.41, 5.74) is 2.66. The lowest BCUT2D eigenvalue weighted by molar-refractivity contribution is 1.62. The van der Waals surface area contributed by atoms with Gasteiger partial charge in [-0.2, -0.15) is 0 Å². The van der Waals surface area contributed by atoms with Crippen LogP contribution < -0.4 is 0 Å². The third kappa shape index (κ3) is 1.86. The first-order chi connectivity index (χ1) is 6.17. The summed E-state index contributed by atoms with van der Waals surface area (Å²) in [5.74, 6) is 0. The van der Waals surface area contributed by atoms with Crippen molar-refractivity contribution in [2.45, 2.75) is 0 Å². The number of hydrogen-bond donors (Lipinski definition) is 0. The molecule has 13 heavy (non-hydrogen) atoms. The first-order valence-electron chi connectivity index (χ1n) is 4.36. The lowest BCUT2D eigenvalue weighted by Crippen LogP contribution is -1.80. The van der Waals surface area contributed by atoms with E-state index in [0.29, 0.717) is 0 Å². The highest BCUT2D eigenvalue weighted by molar-refractivity contribution is 8.37. The van der Waals surface area contributed by atoms with Crippen molar-refractivity contribution in [1.82, 2.24) is 0 Å². The highest BCUT2D eigenvalue weighted by atomic mass is 32.3. The van der Waals surface area contributed by atoms with Crippen LogP contribution in [0.25, 0.3) is 12.2 Å². The Morgan fingerprint density at radius 2 is 1.31 bits per heavy atom. The van der Waals surface area contributed by atoms with Crippen LogP contribution >= 0.6 is 10.0 Å². The normalized spacial score (nSPS) is 20.5. The molecule has 0 aromatic heterocycles. The topological polar surface area (TPSA) is 0 Å². The average molecular weight is 190 g/mol. The quantitative estimate of drug-likeness (QED) is 0.585. The van der Waals surface area contributed by atoms with Crippen LogP contribution in [0.3, 0.4) is 0 Å². The van der Waals surface area contributed by atoms with Crippen molar-refractivity contribution in [2.75, 3.05) is 12.5 Å². The van der Waals surface area contributed by atoms with E-state index in [9.17, 15) is 0 Å². The molecule has 0 saturated carbocycles. The maximum atomic E-state index is 2.33. The lowest BCUT2D eigenvalue weighted by atomic mass is 10.1. The molecule has 0 unspecified atom stereocenters. The second kappa shape index (κ2) is 3.08. The predicted octanol–water partition coefficient (Wildman–Crippen LogP) is 3.71. The summed E-state index contributed by atoms with van der Waals surface area (Å²) in [6, 6.07) is 8.50. The zero-order chi connectivity index (χ0) is 9.31. The Bertz CT molecular complexity index is 337. The Labute approximate surface area is 81.3 Å². The van der Waals surface area contributed by atoms with E-state index in [-0.39, 0.29) is 0 Å². The number of hydrogen-bond acceptors (Lipinski definition) is 0. The predicted molar refractivity (Wildman–Crippen MR) is 63.9 cm³/mol. The maximum Gasteiger partial charge on any atom is -0.0179 e. The number of rotatable bonds is 0. The highest BCUT2D eigenvalue weighted by Crippen LogP contribution is 2.45. The monoisotopic (exact) mass is 190 g/mol. The summed E-state index contributed by atoms with van der Waals surface area (Å²) in [6.45, 7) is 0. The van der Waals surface area contributed by atoms with E-state index in [4.69, 9.17) is 0 Å². The van der Waals surface area contributed by atoms with Gasteiger partial charge in [0.15, 0.2) is 0 Å². The molecule has 0 fully saturated rings. The molecule has 2 rings (SSSR count). The summed E-state index contributed by atoms with van der Waals surface area (Å²) >= 11 is 0. The van der Waals surface area contributed by atoms with Gasteiger partial charge in [-0.3, -0.25) is 0 Å². The van der Waals surface area contributed by atoms with Crippen LogP contribution in [0.2, 0.25) is 0 Å². The van der Waals surface area contributed by atoms with E-state index in [1.807, 2.05) is 0 Å². The standard InChI is InChI=1S/C12H14S/c1-13(2)9-7-11-5-3-4-6-12(11)8-10-13/h3-10H,1-2H3. The smallest absolute Gasteiger partial charge is 0.0179 e. The van der Waals surface area contributed by atoms with Gasteiger partial charge < -0.3 is 0 Å². The van der Waals surface area contributed by atoms with Gasteiger partial charge >= 0.3 is 0 Å². The minimum Gasteiger partial charge on any atom is -0.207 e. The number of fused-ring (bicyclic) bond motifs is 1. The van der Waals surface area contributed by atoms with Gasteiger partial charge in [0.1, 0.15) is 0 Å². The van der Waals surface area contributed by atoms with Gasteiger partial charge in [0.05, 0.1) is 0 Å². The fourth-order valence-corrected chi connectivity index (χ4v) is 2.44. The zero-order valence-corrected chi connectivity index (χ0v) is 8.84. The molecular weight excluding hydrogens is 176 g/mol. The molecule has 1 heterocycles. The molecule has 68 valence electrons. The van der Waals surface area contributed by atoms with Crippen LogP contribution in [0.1, 0.15) is 11.1 Å². The Hall–Kier alpha value is -0.950. The number of benzene rings is 1. The lowest BCUT2D eigenvalue weighted by Gasteiger charge is -2.20. The average Bonchev–Trinajstić information content (AvgIpc) is 2.27.